The number of hydrogen-bond acceptors (Lipinski definition) is 8. The van der Waals surface area contributed by atoms with Gasteiger partial charge in [-0.15, -0.1) is 0 Å². The van der Waals surface area contributed by atoms with Crippen LogP contribution in [0.15, 0.2) is 40.4 Å². The summed E-state index contributed by atoms with van der Waals surface area (Å²) in [6.45, 7) is 6.05. The molecule has 3 aliphatic heterocycles. The number of nitrogens with zero attached hydrogens (tertiary/aromatic N) is 2. The maximum Gasteiger partial charge on any atom is 0.295 e. The Morgan fingerprint density at radius 2 is 1.92 bits per heavy atom. The number of methoxy groups -OCH3 is 1. The summed E-state index contributed by atoms with van der Waals surface area (Å²) in [5, 5.41) is 21.8. The molecule has 1 amide bonds. The van der Waals surface area contributed by atoms with E-state index < -0.39 is 17.7 Å². The van der Waals surface area contributed by atoms with E-state index in [2.05, 4.69) is 20.8 Å². The van der Waals surface area contributed by atoms with Crippen molar-refractivity contribution in [2.24, 2.45) is 0 Å². The molecular weight excluding hydrogens is 556 g/mol. The molecule has 0 aromatic heterocycles. The molecule has 2 aromatic rings. The Hall–Kier alpha value is -3.08. The highest BCUT2D eigenvalue weighted by Gasteiger charge is 2.46. The highest BCUT2D eigenvalue weighted by molar-refractivity contribution is 9.10. The van der Waals surface area contributed by atoms with Crippen LogP contribution in [0.25, 0.3) is 5.76 Å². The predicted molar refractivity (Wildman–Crippen MR) is 143 cm³/mol. The number of carbonyl (C=O) groups is 2. The molecule has 38 heavy (non-hydrogen) atoms. The minimum atomic E-state index is -0.853. The molecule has 2 atom stereocenters. The first-order chi connectivity index (χ1) is 18.3. The number of aromatic hydroxyl groups is 1. The Labute approximate surface area is 229 Å². The monoisotopic (exact) mass is 586 g/mol. The Balaban J connectivity index is 1.54. The number of ether oxygens (including phenoxy) is 3. The molecule has 10 heteroatoms. The van der Waals surface area contributed by atoms with E-state index in [9.17, 15) is 19.8 Å². The third-order valence-electron chi connectivity index (χ3n) is 7.27. The average molecular weight is 587 g/mol. The molecule has 5 rings (SSSR count). The Bertz CT molecular complexity index is 1290. The van der Waals surface area contributed by atoms with Gasteiger partial charge in [-0.2, -0.15) is 0 Å². The number of phenols is 1. The molecule has 0 bridgehead atoms. The SMILES string of the molecule is COc1cc([C@@H]2C(=C(O)c3ccc4c(c3)C[C@H](C)O4)C(=O)C(=O)N2CCCN2CCOCC2)cc(Br)c1O. The number of benzene rings is 2. The fourth-order valence-corrected chi connectivity index (χ4v) is 5.84. The zero-order valence-corrected chi connectivity index (χ0v) is 23.0. The van der Waals surface area contributed by atoms with Gasteiger partial charge in [0.15, 0.2) is 11.5 Å². The first-order valence-corrected chi connectivity index (χ1v) is 13.5. The van der Waals surface area contributed by atoms with E-state index in [0.29, 0.717) is 48.2 Å². The minimum absolute atomic E-state index is 0.00734. The molecule has 2 aromatic carbocycles. The molecule has 2 fully saturated rings. The fraction of sp³-hybridized carbons (Fsp3) is 0.429. The third kappa shape index (κ3) is 5.00. The molecule has 0 spiro atoms. The first kappa shape index (κ1) is 26.5. The smallest absolute Gasteiger partial charge is 0.295 e. The number of Topliss-reactive ketones (excluding diaryl/α,β-unsaturated/α-hetero) is 1. The van der Waals surface area contributed by atoms with Crippen LogP contribution in [0.5, 0.6) is 17.2 Å². The van der Waals surface area contributed by atoms with Gasteiger partial charge >= 0.3 is 0 Å². The Kier molecular flexibility index (Phi) is 7.65. The van der Waals surface area contributed by atoms with Crippen molar-refractivity contribution in [1.29, 1.82) is 0 Å². The van der Waals surface area contributed by atoms with Crippen LogP contribution in [0.3, 0.4) is 0 Å². The lowest BCUT2D eigenvalue weighted by atomic mass is 9.94. The van der Waals surface area contributed by atoms with Gasteiger partial charge in [0.05, 0.1) is 36.4 Å². The summed E-state index contributed by atoms with van der Waals surface area (Å²) in [5.74, 6) is -0.798. The van der Waals surface area contributed by atoms with Crippen molar-refractivity contribution in [3.8, 4) is 17.2 Å². The molecule has 0 saturated carbocycles. The number of morpholine rings is 1. The van der Waals surface area contributed by atoms with Gasteiger partial charge in [0, 0.05) is 38.2 Å². The number of likely N-dealkylation sites (tertiary alicyclic amines) is 1. The second-order valence-electron chi connectivity index (χ2n) is 9.81. The standard InChI is InChI=1S/C28H31BrN2O7/c1-16-12-18-13-17(4-5-21(18)38-16)25(32)23-24(19-14-20(29)26(33)22(15-19)36-2)31(28(35)27(23)34)7-3-6-30-8-10-37-11-9-30/h4-5,13-16,24,32-33H,3,6-12H2,1-2H3/t16-,24+/m0/s1. The summed E-state index contributed by atoms with van der Waals surface area (Å²) in [6.07, 6.45) is 1.37. The van der Waals surface area contributed by atoms with Gasteiger partial charge in [-0.3, -0.25) is 14.5 Å². The highest BCUT2D eigenvalue weighted by Crippen LogP contribution is 2.45. The van der Waals surface area contributed by atoms with Crippen LogP contribution < -0.4 is 9.47 Å². The number of rotatable bonds is 7. The van der Waals surface area contributed by atoms with Gasteiger partial charge < -0.3 is 29.3 Å². The molecule has 9 nitrogen and oxygen atoms in total. The van der Waals surface area contributed by atoms with E-state index in [1.54, 1.807) is 24.3 Å². The number of hydrogen-bond donors (Lipinski definition) is 2. The van der Waals surface area contributed by atoms with E-state index in [1.807, 2.05) is 13.0 Å². The molecule has 2 saturated heterocycles. The van der Waals surface area contributed by atoms with Crippen molar-refractivity contribution in [1.82, 2.24) is 9.80 Å². The Morgan fingerprint density at radius 3 is 2.66 bits per heavy atom. The zero-order valence-electron chi connectivity index (χ0n) is 21.4. The third-order valence-corrected chi connectivity index (χ3v) is 7.88. The minimum Gasteiger partial charge on any atom is -0.507 e. The molecule has 0 unspecified atom stereocenters. The molecule has 0 aliphatic carbocycles. The molecule has 2 N–H and O–H groups in total. The van der Waals surface area contributed by atoms with Crippen molar-refractivity contribution in [2.45, 2.75) is 31.9 Å². The zero-order chi connectivity index (χ0) is 27.0. The van der Waals surface area contributed by atoms with Gasteiger partial charge in [0.2, 0.25) is 0 Å². The number of carbonyl (C=O) groups excluding carboxylic acids is 2. The van der Waals surface area contributed by atoms with Gasteiger partial charge in [-0.1, -0.05) is 0 Å². The largest absolute Gasteiger partial charge is 0.507 e. The highest BCUT2D eigenvalue weighted by atomic mass is 79.9. The molecule has 3 heterocycles. The van der Waals surface area contributed by atoms with Crippen molar-refractivity contribution in [3.63, 3.8) is 0 Å². The van der Waals surface area contributed by atoms with E-state index >= 15 is 0 Å². The van der Waals surface area contributed by atoms with Gasteiger partial charge in [-0.05, 0) is 70.7 Å². The van der Waals surface area contributed by atoms with Crippen molar-refractivity contribution < 1.29 is 34.0 Å². The second-order valence-corrected chi connectivity index (χ2v) is 10.7. The van der Waals surface area contributed by atoms with Crippen LogP contribution in [0, 0.1) is 0 Å². The van der Waals surface area contributed by atoms with Crippen LogP contribution in [-0.2, 0) is 20.7 Å². The quantitative estimate of drug-likeness (QED) is 0.287. The lowest BCUT2D eigenvalue weighted by Gasteiger charge is -2.29. The summed E-state index contributed by atoms with van der Waals surface area (Å²) in [4.78, 5) is 30.5. The van der Waals surface area contributed by atoms with Crippen LogP contribution in [-0.4, -0.2) is 84.3 Å². The van der Waals surface area contributed by atoms with Gasteiger partial charge in [-0.25, -0.2) is 0 Å². The van der Waals surface area contributed by atoms with Gasteiger partial charge in [0.25, 0.3) is 11.7 Å². The molecule has 202 valence electrons. The van der Waals surface area contributed by atoms with Gasteiger partial charge in [0.1, 0.15) is 17.6 Å². The fourth-order valence-electron chi connectivity index (χ4n) is 5.38. The normalized spacial score (nSPS) is 23.0. The van der Waals surface area contributed by atoms with Crippen LogP contribution in [0.4, 0.5) is 0 Å². The summed E-state index contributed by atoms with van der Waals surface area (Å²) >= 11 is 3.35. The summed E-state index contributed by atoms with van der Waals surface area (Å²) < 4.78 is 16.9. The molecule has 3 aliphatic rings. The molecule has 0 radical (unpaired) electrons. The van der Waals surface area contributed by atoms with Crippen molar-refractivity contribution in [3.05, 3.63) is 57.1 Å². The number of halogens is 1. The van der Waals surface area contributed by atoms with Crippen molar-refractivity contribution >= 4 is 33.4 Å². The van der Waals surface area contributed by atoms with E-state index in [1.165, 1.54) is 12.0 Å². The topological polar surface area (TPSA) is 109 Å². The number of aliphatic hydroxyl groups excluding tert-OH is 1. The predicted octanol–water partition coefficient (Wildman–Crippen LogP) is 3.63. The first-order valence-electron chi connectivity index (χ1n) is 12.7. The van der Waals surface area contributed by atoms with Crippen molar-refractivity contribution in [2.75, 3.05) is 46.5 Å². The number of ketones is 1. The number of aliphatic hydroxyl groups is 1. The molecular formula is C28H31BrN2O7. The summed E-state index contributed by atoms with van der Waals surface area (Å²) in [6, 6.07) is 7.68. The van der Waals surface area contributed by atoms with Crippen LogP contribution in [0.2, 0.25) is 0 Å². The summed E-state index contributed by atoms with van der Waals surface area (Å²) in [5.41, 5.74) is 1.93. The maximum atomic E-state index is 13.4. The second kappa shape index (κ2) is 11.0. The van der Waals surface area contributed by atoms with E-state index in [0.717, 1.165) is 30.9 Å². The Morgan fingerprint density at radius 1 is 1.16 bits per heavy atom. The van der Waals surface area contributed by atoms with Crippen LogP contribution >= 0.6 is 15.9 Å². The number of amides is 1. The van der Waals surface area contributed by atoms with E-state index in [4.69, 9.17) is 14.2 Å². The maximum absolute atomic E-state index is 13.4. The van der Waals surface area contributed by atoms with Crippen LogP contribution in [0.1, 0.15) is 36.1 Å². The average Bonchev–Trinajstić information content (AvgIpc) is 3.41. The number of fused-ring (bicyclic) bond motifs is 1. The number of phenolic OH excluding ortho intramolecular Hbond substituents is 1. The van der Waals surface area contributed by atoms with E-state index in [-0.39, 0.29) is 28.9 Å². The lowest BCUT2D eigenvalue weighted by molar-refractivity contribution is -0.140. The summed E-state index contributed by atoms with van der Waals surface area (Å²) in [7, 11) is 1.43. The lowest BCUT2D eigenvalue weighted by Crippen LogP contribution is -2.39.